The average molecular weight is 428 g/mol. The standard InChI is InChI=1S/C24H21N5OS/c1-16-21(17(2)29(28-16)20-6-4-3-5-7-20)12-13-23(30)27-24-26-22(15-31-24)19-10-8-18(14-25)9-11-19/h3-11,15H,12-13H2,1-2H3,(H,26,27,30). The van der Waals surface area contributed by atoms with E-state index in [9.17, 15) is 4.79 Å². The van der Waals surface area contributed by atoms with Crippen molar-refractivity contribution in [2.45, 2.75) is 26.7 Å². The van der Waals surface area contributed by atoms with Gasteiger partial charge in [0.1, 0.15) is 0 Å². The van der Waals surface area contributed by atoms with Crippen LogP contribution in [0.5, 0.6) is 0 Å². The third-order valence-electron chi connectivity index (χ3n) is 5.10. The van der Waals surface area contributed by atoms with Crippen LogP contribution >= 0.6 is 11.3 Å². The number of benzene rings is 2. The molecule has 7 heteroatoms. The molecule has 1 amide bonds. The number of para-hydroxylation sites is 1. The van der Waals surface area contributed by atoms with Gasteiger partial charge in [0.25, 0.3) is 0 Å². The molecule has 154 valence electrons. The highest BCUT2D eigenvalue weighted by molar-refractivity contribution is 7.14. The van der Waals surface area contributed by atoms with Crippen LogP contribution in [0.4, 0.5) is 5.13 Å². The van der Waals surface area contributed by atoms with Crippen LogP contribution in [0.2, 0.25) is 0 Å². The zero-order valence-corrected chi connectivity index (χ0v) is 18.1. The summed E-state index contributed by atoms with van der Waals surface area (Å²) in [7, 11) is 0. The van der Waals surface area contributed by atoms with Gasteiger partial charge in [-0.3, -0.25) is 4.79 Å². The number of carbonyl (C=O) groups is 1. The van der Waals surface area contributed by atoms with E-state index in [-0.39, 0.29) is 5.91 Å². The molecule has 0 radical (unpaired) electrons. The van der Waals surface area contributed by atoms with Crippen LogP contribution in [-0.4, -0.2) is 20.7 Å². The van der Waals surface area contributed by atoms with Gasteiger partial charge in [-0.15, -0.1) is 11.3 Å². The van der Waals surface area contributed by atoms with Crippen LogP contribution < -0.4 is 5.32 Å². The molecule has 1 N–H and O–H groups in total. The van der Waals surface area contributed by atoms with E-state index < -0.39 is 0 Å². The van der Waals surface area contributed by atoms with Crippen molar-refractivity contribution in [1.29, 1.82) is 5.26 Å². The third-order valence-corrected chi connectivity index (χ3v) is 5.86. The lowest BCUT2D eigenvalue weighted by Crippen LogP contribution is -2.12. The maximum absolute atomic E-state index is 12.5. The molecule has 4 rings (SSSR count). The molecular weight excluding hydrogens is 406 g/mol. The topological polar surface area (TPSA) is 83.6 Å². The first kappa shape index (κ1) is 20.5. The fraction of sp³-hybridized carbons (Fsp3) is 0.167. The molecule has 0 bridgehead atoms. The summed E-state index contributed by atoms with van der Waals surface area (Å²) in [5.41, 5.74) is 6.39. The van der Waals surface area contributed by atoms with Crippen LogP contribution in [0, 0.1) is 25.2 Å². The van der Waals surface area contributed by atoms with Gasteiger partial charge in [-0.1, -0.05) is 30.3 Å². The third kappa shape index (κ3) is 4.55. The lowest BCUT2D eigenvalue weighted by atomic mass is 10.1. The minimum Gasteiger partial charge on any atom is -0.302 e. The van der Waals surface area contributed by atoms with Crippen LogP contribution in [-0.2, 0) is 11.2 Å². The Balaban J connectivity index is 1.40. The zero-order valence-electron chi connectivity index (χ0n) is 17.3. The van der Waals surface area contributed by atoms with Crippen molar-refractivity contribution in [2.24, 2.45) is 0 Å². The van der Waals surface area contributed by atoms with E-state index in [1.807, 2.05) is 66.4 Å². The van der Waals surface area contributed by atoms with Crippen LogP contribution in [0.25, 0.3) is 16.9 Å². The normalized spacial score (nSPS) is 10.6. The number of anilines is 1. The lowest BCUT2D eigenvalue weighted by molar-refractivity contribution is -0.116. The number of amides is 1. The minimum atomic E-state index is -0.0769. The van der Waals surface area contributed by atoms with Crippen molar-refractivity contribution in [3.8, 4) is 23.0 Å². The highest BCUT2D eigenvalue weighted by atomic mass is 32.1. The van der Waals surface area contributed by atoms with Crippen LogP contribution in [0.1, 0.15) is 28.9 Å². The first-order chi connectivity index (χ1) is 15.0. The van der Waals surface area contributed by atoms with E-state index in [0.29, 0.717) is 23.5 Å². The smallest absolute Gasteiger partial charge is 0.226 e. The molecule has 2 aromatic carbocycles. The maximum atomic E-state index is 12.5. The number of aryl methyl sites for hydroxylation is 1. The maximum Gasteiger partial charge on any atom is 0.226 e. The van der Waals surface area contributed by atoms with Gasteiger partial charge in [0, 0.05) is 23.1 Å². The number of nitriles is 1. The molecule has 0 aliphatic rings. The Labute approximate surface area is 184 Å². The van der Waals surface area contributed by atoms with Gasteiger partial charge in [-0.25, -0.2) is 9.67 Å². The number of hydrogen-bond donors (Lipinski definition) is 1. The van der Waals surface area contributed by atoms with Crippen molar-refractivity contribution in [3.63, 3.8) is 0 Å². The Kier molecular flexibility index (Phi) is 5.92. The second kappa shape index (κ2) is 8.94. The number of nitrogens with zero attached hydrogens (tertiary/aromatic N) is 4. The van der Waals surface area contributed by atoms with Gasteiger partial charge in [0.05, 0.1) is 28.7 Å². The largest absolute Gasteiger partial charge is 0.302 e. The number of nitrogens with one attached hydrogen (secondary N) is 1. The van der Waals surface area contributed by atoms with Crippen LogP contribution in [0.3, 0.4) is 0 Å². The quantitative estimate of drug-likeness (QED) is 0.466. The lowest BCUT2D eigenvalue weighted by Gasteiger charge is -2.05. The Hall–Kier alpha value is -3.76. The summed E-state index contributed by atoms with van der Waals surface area (Å²) in [5.74, 6) is -0.0769. The van der Waals surface area contributed by atoms with Crippen LogP contribution in [0.15, 0.2) is 60.0 Å². The van der Waals surface area contributed by atoms with Crippen molar-refractivity contribution in [2.75, 3.05) is 5.32 Å². The Bertz CT molecular complexity index is 1250. The Morgan fingerprint density at radius 2 is 1.87 bits per heavy atom. The van der Waals surface area contributed by atoms with E-state index in [1.54, 1.807) is 12.1 Å². The summed E-state index contributed by atoms with van der Waals surface area (Å²) in [6, 6.07) is 19.3. The molecule has 6 nitrogen and oxygen atoms in total. The summed E-state index contributed by atoms with van der Waals surface area (Å²) in [6.07, 6.45) is 0.970. The summed E-state index contributed by atoms with van der Waals surface area (Å²) in [4.78, 5) is 17.0. The number of thiazole rings is 1. The van der Waals surface area contributed by atoms with Gasteiger partial charge >= 0.3 is 0 Å². The Morgan fingerprint density at radius 1 is 1.13 bits per heavy atom. The van der Waals surface area contributed by atoms with E-state index >= 15 is 0 Å². The highest BCUT2D eigenvalue weighted by Crippen LogP contribution is 2.25. The van der Waals surface area contributed by atoms with Gasteiger partial charge in [-0.05, 0) is 50.1 Å². The molecule has 0 aliphatic carbocycles. The molecule has 0 saturated heterocycles. The molecule has 0 spiro atoms. The Morgan fingerprint density at radius 3 is 2.58 bits per heavy atom. The van der Waals surface area contributed by atoms with Crippen molar-refractivity contribution < 1.29 is 4.79 Å². The number of aromatic nitrogens is 3. The minimum absolute atomic E-state index is 0.0769. The van der Waals surface area contributed by atoms with Crippen molar-refractivity contribution >= 4 is 22.4 Å². The fourth-order valence-electron chi connectivity index (χ4n) is 3.46. The monoisotopic (exact) mass is 427 g/mol. The molecule has 0 saturated carbocycles. The molecule has 0 atom stereocenters. The first-order valence-electron chi connectivity index (χ1n) is 9.91. The highest BCUT2D eigenvalue weighted by Gasteiger charge is 2.15. The molecule has 2 aromatic heterocycles. The van der Waals surface area contributed by atoms with E-state index in [0.717, 1.165) is 33.9 Å². The molecule has 31 heavy (non-hydrogen) atoms. The van der Waals surface area contributed by atoms with Gasteiger partial charge in [-0.2, -0.15) is 10.4 Å². The summed E-state index contributed by atoms with van der Waals surface area (Å²) in [5, 5.41) is 18.9. The second-order valence-corrected chi connectivity index (χ2v) is 8.03. The molecule has 0 fully saturated rings. The summed E-state index contributed by atoms with van der Waals surface area (Å²) >= 11 is 1.39. The predicted octanol–water partition coefficient (Wildman–Crippen LogP) is 5.06. The molecule has 0 unspecified atom stereocenters. The molecule has 4 aromatic rings. The number of rotatable bonds is 6. The number of carbonyl (C=O) groups excluding carboxylic acids is 1. The number of hydrogen-bond acceptors (Lipinski definition) is 5. The van der Waals surface area contributed by atoms with Gasteiger partial charge < -0.3 is 5.32 Å². The first-order valence-corrected chi connectivity index (χ1v) is 10.8. The zero-order chi connectivity index (χ0) is 21.8. The molecular formula is C24H21N5OS. The summed E-state index contributed by atoms with van der Waals surface area (Å²) < 4.78 is 1.92. The van der Waals surface area contributed by atoms with E-state index in [2.05, 4.69) is 21.5 Å². The van der Waals surface area contributed by atoms with Crippen molar-refractivity contribution in [3.05, 3.63) is 82.5 Å². The van der Waals surface area contributed by atoms with E-state index in [4.69, 9.17) is 5.26 Å². The average Bonchev–Trinajstić information content (AvgIpc) is 3.37. The second-order valence-electron chi connectivity index (χ2n) is 7.17. The predicted molar refractivity (Wildman–Crippen MR) is 122 cm³/mol. The molecule has 0 aliphatic heterocycles. The van der Waals surface area contributed by atoms with E-state index in [1.165, 1.54) is 11.3 Å². The summed E-state index contributed by atoms with van der Waals surface area (Å²) in [6.45, 7) is 4.01. The fourth-order valence-corrected chi connectivity index (χ4v) is 4.19. The SMILES string of the molecule is Cc1nn(-c2ccccc2)c(C)c1CCC(=O)Nc1nc(-c2ccc(C#N)cc2)cs1. The molecule has 2 heterocycles. The van der Waals surface area contributed by atoms with Gasteiger partial charge in [0.15, 0.2) is 5.13 Å². The van der Waals surface area contributed by atoms with Gasteiger partial charge in [0.2, 0.25) is 5.91 Å². The van der Waals surface area contributed by atoms with Crippen molar-refractivity contribution in [1.82, 2.24) is 14.8 Å².